The van der Waals surface area contributed by atoms with Crippen LogP contribution >= 0.6 is 0 Å². The second kappa shape index (κ2) is 10.0. The third-order valence-corrected chi connectivity index (χ3v) is 6.48. The monoisotopic (exact) mass is 415 g/mol. The number of amides is 1. The van der Waals surface area contributed by atoms with Gasteiger partial charge >= 0.3 is 0 Å². The number of para-hydroxylation sites is 1. The van der Waals surface area contributed by atoms with Gasteiger partial charge in [-0.2, -0.15) is 9.57 Å². The smallest absolute Gasteiger partial charge is 0.261 e. The zero-order valence-electron chi connectivity index (χ0n) is 16.8. The van der Waals surface area contributed by atoms with Crippen molar-refractivity contribution in [3.63, 3.8) is 0 Å². The molecule has 0 aromatic heterocycles. The van der Waals surface area contributed by atoms with Gasteiger partial charge in [-0.15, -0.1) is 0 Å². The van der Waals surface area contributed by atoms with E-state index < -0.39 is 16.1 Å². The molecule has 1 amide bonds. The summed E-state index contributed by atoms with van der Waals surface area (Å²) in [5.41, 5.74) is 1.12. The van der Waals surface area contributed by atoms with Crippen LogP contribution in [0.5, 0.6) is 5.75 Å². The van der Waals surface area contributed by atoms with Crippen LogP contribution in [0.2, 0.25) is 0 Å². The number of nitrogens with zero attached hydrogens (tertiary/aromatic N) is 2. The van der Waals surface area contributed by atoms with Crippen LogP contribution in [0, 0.1) is 11.3 Å². The molecule has 0 aliphatic rings. The van der Waals surface area contributed by atoms with Gasteiger partial charge in [-0.3, -0.25) is 4.79 Å². The van der Waals surface area contributed by atoms with Gasteiger partial charge in [-0.05, 0) is 36.8 Å². The third kappa shape index (κ3) is 5.56. The van der Waals surface area contributed by atoms with Gasteiger partial charge in [0, 0.05) is 19.6 Å². The highest BCUT2D eigenvalue weighted by Crippen LogP contribution is 2.18. The Balaban J connectivity index is 1.97. The molecular formula is C21H25N3O4S. The van der Waals surface area contributed by atoms with E-state index in [1.54, 1.807) is 57.2 Å². The standard InChI is InChI=1S/C21H25N3O4S/c1-4-24(5-2)29(26,27)19-12-10-17(11-13-19)15-23-21(25)16(3)28-20-9-7-6-8-18(20)14-22/h6-13,16H,4-5,15H2,1-3H3,(H,23,25). The van der Waals surface area contributed by atoms with Crippen molar-refractivity contribution in [2.24, 2.45) is 0 Å². The highest BCUT2D eigenvalue weighted by molar-refractivity contribution is 7.89. The number of hydrogen-bond donors (Lipinski definition) is 1. The summed E-state index contributed by atoms with van der Waals surface area (Å²) in [6.45, 7) is 6.24. The summed E-state index contributed by atoms with van der Waals surface area (Å²) in [6.07, 6.45) is -0.785. The van der Waals surface area contributed by atoms with E-state index in [0.717, 1.165) is 5.56 Å². The molecular weight excluding hydrogens is 390 g/mol. The van der Waals surface area contributed by atoms with E-state index in [-0.39, 0.29) is 17.3 Å². The molecule has 0 heterocycles. The molecule has 2 rings (SSSR count). The molecule has 0 saturated carbocycles. The predicted molar refractivity (Wildman–Crippen MR) is 110 cm³/mol. The Morgan fingerprint density at radius 1 is 1.14 bits per heavy atom. The number of carbonyl (C=O) groups excluding carboxylic acids is 1. The van der Waals surface area contributed by atoms with Crippen molar-refractivity contribution in [3.05, 3.63) is 59.7 Å². The van der Waals surface area contributed by atoms with Gasteiger partial charge in [0.2, 0.25) is 10.0 Å². The molecule has 1 N–H and O–H groups in total. The first-order valence-corrected chi connectivity index (χ1v) is 10.8. The van der Waals surface area contributed by atoms with Gasteiger partial charge in [0.05, 0.1) is 10.5 Å². The van der Waals surface area contributed by atoms with E-state index in [1.165, 1.54) is 16.4 Å². The average molecular weight is 416 g/mol. The topological polar surface area (TPSA) is 99.5 Å². The molecule has 29 heavy (non-hydrogen) atoms. The fourth-order valence-electron chi connectivity index (χ4n) is 2.73. The van der Waals surface area contributed by atoms with E-state index >= 15 is 0 Å². The molecule has 0 radical (unpaired) electrons. The zero-order valence-corrected chi connectivity index (χ0v) is 17.6. The molecule has 0 aliphatic carbocycles. The van der Waals surface area contributed by atoms with Crippen molar-refractivity contribution in [2.75, 3.05) is 13.1 Å². The highest BCUT2D eigenvalue weighted by Gasteiger charge is 2.21. The lowest BCUT2D eigenvalue weighted by atomic mass is 10.2. The number of carbonyl (C=O) groups is 1. The quantitative estimate of drug-likeness (QED) is 0.679. The van der Waals surface area contributed by atoms with E-state index in [2.05, 4.69) is 5.32 Å². The number of sulfonamides is 1. The van der Waals surface area contributed by atoms with Crippen LogP contribution in [0.15, 0.2) is 53.4 Å². The Bertz CT molecular complexity index is 978. The SMILES string of the molecule is CCN(CC)S(=O)(=O)c1ccc(CNC(=O)C(C)Oc2ccccc2C#N)cc1. The summed E-state index contributed by atoms with van der Waals surface area (Å²) < 4.78 is 32.0. The molecule has 0 spiro atoms. The summed E-state index contributed by atoms with van der Waals surface area (Å²) in [4.78, 5) is 12.5. The second-order valence-corrected chi connectivity index (χ2v) is 8.26. The van der Waals surface area contributed by atoms with E-state index in [4.69, 9.17) is 10.00 Å². The lowest BCUT2D eigenvalue weighted by Gasteiger charge is -2.18. The van der Waals surface area contributed by atoms with Crippen molar-refractivity contribution < 1.29 is 17.9 Å². The maximum absolute atomic E-state index is 12.5. The molecule has 2 aromatic rings. The van der Waals surface area contributed by atoms with Crippen LogP contribution in [-0.4, -0.2) is 37.8 Å². The lowest BCUT2D eigenvalue weighted by molar-refractivity contribution is -0.127. The first kappa shape index (κ1) is 22.4. The summed E-state index contributed by atoms with van der Waals surface area (Å²) >= 11 is 0. The van der Waals surface area contributed by atoms with E-state index in [9.17, 15) is 13.2 Å². The number of rotatable bonds is 9. The summed E-state index contributed by atoms with van der Waals surface area (Å²) in [5, 5.41) is 11.8. The van der Waals surface area contributed by atoms with Gasteiger partial charge in [-0.1, -0.05) is 38.1 Å². The van der Waals surface area contributed by atoms with Crippen molar-refractivity contribution in [2.45, 2.75) is 38.3 Å². The van der Waals surface area contributed by atoms with Gasteiger partial charge in [0.25, 0.3) is 5.91 Å². The van der Waals surface area contributed by atoms with E-state index in [0.29, 0.717) is 24.4 Å². The maximum Gasteiger partial charge on any atom is 0.261 e. The zero-order chi connectivity index (χ0) is 21.4. The number of benzene rings is 2. The van der Waals surface area contributed by atoms with Gasteiger partial charge < -0.3 is 10.1 Å². The molecule has 154 valence electrons. The van der Waals surface area contributed by atoms with Crippen LogP contribution in [-0.2, 0) is 21.4 Å². The van der Waals surface area contributed by atoms with Crippen LogP contribution in [0.3, 0.4) is 0 Å². The van der Waals surface area contributed by atoms with Crippen molar-refractivity contribution in [3.8, 4) is 11.8 Å². The second-order valence-electron chi connectivity index (χ2n) is 6.32. The highest BCUT2D eigenvalue weighted by atomic mass is 32.2. The molecule has 2 aromatic carbocycles. The molecule has 1 unspecified atom stereocenters. The van der Waals surface area contributed by atoms with Crippen LogP contribution in [0.25, 0.3) is 0 Å². The Labute approximate surface area is 172 Å². The minimum Gasteiger partial charge on any atom is -0.480 e. The minimum atomic E-state index is -3.50. The Morgan fingerprint density at radius 3 is 2.34 bits per heavy atom. The molecule has 0 fully saturated rings. The van der Waals surface area contributed by atoms with E-state index in [1.807, 2.05) is 6.07 Å². The average Bonchev–Trinajstić information content (AvgIpc) is 2.73. The maximum atomic E-state index is 12.5. The molecule has 8 heteroatoms. The van der Waals surface area contributed by atoms with Crippen molar-refractivity contribution in [1.82, 2.24) is 9.62 Å². The number of hydrogen-bond acceptors (Lipinski definition) is 5. The Kier molecular flexibility index (Phi) is 7.76. The molecule has 0 saturated heterocycles. The largest absolute Gasteiger partial charge is 0.480 e. The van der Waals surface area contributed by atoms with Crippen molar-refractivity contribution >= 4 is 15.9 Å². The van der Waals surface area contributed by atoms with Gasteiger partial charge in [0.15, 0.2) is 6.10 Å². The summed E-state index contributed by atoms with van der Waals surface area (Å²) in [6, 6.07) is 15.2. The normalized spacial score (nSPS) is 12.2. The molecule has 7 nitrogen and oxygen atoms in total. The first-order valence-electron chi connectivity index (χ1n) is 9.36. The van der Waals surface area contributed by atoms with Gasteiger partial charge in [-0.25, -0.2) is 8.42 Å². The van der Waals surface area contributed by atoms with Crippen LogP contribution in [0.4, 0.5) is 0 Å². The predicted octanol–water partition coefficient (Wildman–Crippen LogP) is 2.67. The fraction of sp³-hybridized carbons (Fsp3) is 0.333. The first-order chi connectivity index (χ1) is 13.8. The fourth-order valence-corrected chi connectivity index (χ4v) is 4.19. The minimum absolute atomic E-state index is 0.223. The number of nitrogens with one attached hydrogen (secondary N) is 1. The van der Waals surface area contributed by atoms with Crippen LogP contribution < -0.4 is 10.1 Å². The Morgan fingerprint density at radius 2 is 1.76 bits per heavy atom. The third-order valence-electron chi connectivity index (χ3n) is 4.41. The van der Waals surface area contributed by atoms with Crippen LogP contribution in [0.1, 0.15) is 31.9 Å². The molecule has 0 aliphatic heterocycles. The van der Waals surface area contributed by atoms with Gasteiger partial charge in [0.1, 0.15) is 11.8 Å². The van der Waals surface area contributed by atoms with Crippen molar-refractivity contribution in [1.29, 1.82) is 5.26 Å². The number of ether oxygens (including phenoxy) is 1. The molecule has 0 bridgehead atoms. The Hall–Kier alpha value is -2.89. The molecule has 1 atom stereocenters. The summed E-state index contributed by atoms with van der Waals surface area (Å²) in [7, 11) is -3.50. The number of nitriles is 1. The summed E-state index contributed by atoms with van der Waals surface area (Å²) in [5.74, 6) is 0.0150. The lowest BCUT2D eigenvalue weighted by Crippen LogP contribution is -2.36.